The number of aryl methyl sites for hydroxylation is 1. The molecule has 1 aromatic heterocycles. The number of fused-ring (bicyclic) bond motifs is 1. The van der Waals surface area contributed by atoms with E-state index in [1.165, 1.54) is 37.6 Å². The van der Waals surface area contributed by atoms with Crippen LogP contribution in [0.15, 0.2) is 77.7 Å². The van der Waals surface area contributed by atoms with Crippen molar-refractivity contribution < 1.29 is 18.7 Å². The zero-order valence-electron chi connectivity index (χ0n) is 18.8. The number of carbonyl (C=O) groups excluding carboxylic acids is 2. The van der Waals surface area contributed by atoms with Gasteiger partial charge in [-0.3, -0.25) is 14.4 Å². The van der Waals surface area contributed by atoms with E-state index in [1.807, 2.05) is 13.0 Å². The van der Waals surface area contributed by atoms with Crippen molar-refractivity contribution in [3.05, 3.63) is 106 Å². The van der Waals surface area contributed by atoms with E-state index in [-0.39, 0.29) is 23.6 Å². The van der Waals surface area contributed by atoms with Gasteiger partial charge in [0.15, 0.2) is 5.78 Å². The second-order valence-corrected chi connectivity index (χ2v) is 7.79. The topological polar surface area (TPSA) is 77.4 Å². The largest absolute Gasteiger partial charge is 0.495 e. The standard InChI is InChI=1S/C27H23FN2O4/c1-3-17-8-13-23-20(14-17)27(33)21(26(32)18-9-11-19(28)12-10-18)15-30(23)16-25(31)29-22-6-4-5-7-24(22)34-2/h4-15H,3,16H2,1-2H3,(H,29,31). The Morgan fingerprint density at radius 1 is 1.03 bits per heavy atom. The summed E-state index contributed by atoms with van der Waals surface area (Å²) in [4.78, 5) is 39.3. The molecular weight excluding hydrogens is 435 g/mol. The van der Waals surface area contributed by atoms with Gasteiger partial charge in [-0.1, -0.05) is 25.1 Å². The predicted molar refractivity (Wildman–Crippen MR) is 129 cm³/mol. The zero-order chi connectivity index (χ0) is 24.2. The minimum Gasteiger partial charge on any atom is -0.495 e. The number of carbonyl (C=O) groups is 2. The summed E-state index contributed by atoms with van der Waals surface area (Å²) in [5.41, 5.74) is 1.65. The molecule has 0 spiro atoms. The van der Waals surface area contributed by atoms with Crippen LogP contribution in [0.1, 0.15) is 28.4 Å². The van der Waals surface area contributed by atoms with Crippen LogP contribution in [0.5, 0.6) is 5.75 Å². The van der Waals surface area contributed by atoms with Crippen LogP contribution >= 0.6 is 0 Å². The van der Waals surface area contributed by atoms with Crippen LogP contribution in [0.3, 0.4) is 0 Å². The average Bonchev–Trinajstić information content (AvgIpc) is 2.85. The Morgan fingerprint density at radius 3 is 2.47 bits per heavy atom. The van der Waals surface area contributed by atoms with Crippen molar-refractivity contribution in [2.24, 2.45) is 0 Å². The van der Waals surface area contributed by atoms with Gasteiger partial charge in [-0.25, -0.2) is 4.39 Å². The molecular formula is C27H23FN2O4. The summed E-state index contributed by atoms with van der Waals surface area (Å²) in [7, 11) is 1.51. The minimum atomic E-state index is -0.535. The molecule has 0 atom stereocenters. The van der Waals surface area contributed by atoms with Crippen LogP contribution in [0, 0.1) is 5.82 Å². The van der Waals surface area contributed by atoms with Crippen molar-refractivity contribution >= 4 is 28.3 Å². The van der Waals surface area contributed by atoms with E-state index < -0.39 is 17.0 Å². The van der Waals surface area contributed by atoms with E-state index >= 15 is 0 Å². The quantitative estimate of drug-likeness (QED) is 0.411. The summed E-state index contributed by atoms with van der Waals surface area (Å²) in [5.74, 6) is -0.852. The third-order valence-corrected chi connectivity index (χ3v) is 5.60. The first-order chi connectivity index (χ1) is 16.4. The van der Waals surface area contributed by atoms with E-state index in [4.69, 9.17) is 4.74 Å². The van der Waals surface area contributed by atoms with Crippen LogP contribution < -0.4 is 15.5 Å². The van der Waals surface area contributed by atoms with Crippen molar-refractivity contribution in [1.29, 1.82) is 0 Å². The smallest absolute Gasteiger partial charge is 0.244 e. The number of benzene rings is 3. The first-order valence-corrected chi connectivity index (χ1v) is 10.8. The third-order valence-electron chi connectivity index (χ3n) is 5.60. The molecule has 172 valence electrons. The highest BCUT2D eigenvalue weighted by Crippen LogP contribution is 2.23. The second kappa shape index (κ2) is 9.70. The van der Waals surface area contributed by atoms with Gasteiger partial charge < -0.3 is 14.6 Å². The number of methoxy groups -OCH3 is 1. The average molecular weight is 458 g/mol. The Labute approximate surface area is 195 Å². The van der Waals surface area contributed by atoms with Gasteiger partial charge in [-0.15, -0.1) is 0 Å². The van der Waals surface area contributed by atoms with Crippen molar-refractivity contribution in [3.63, 3.8) is 0 Å². The molecule has 0 aliphatic rings. The SMILES string of the molecule is CCc1ccc2c(c1)c(=O)c(C(=O)c1ccc(F)cc1)cn2CC(=O)Nc1ccccc1OC. The summed E-state index contributed by atoms with van der Waals surface area (Å²) in [6.07, 6.45) is 2.10. The number of hydrogen-bond donors (Lipinski definition) is 1. The van der Waals surface area contributed by atoms with E-state index in [2.05, 4.69) is 5.32 Å². The van der Waals surface area contributed by atoms with Crippen molar-refractivity contribution in [2.45, 2.75) is 19.9 Å². The number of para-hydroxylation sites is 2. The number of nitrogens with one attached hydrogen (secondary N) is 1. The number of aromatic nitrogens is 1. The van der Waals surface area contributed by atoms with Crippen molar-refractivity contribution in [3.8, 4) is 5.75 Å². The molecule has 0 bridgehead atoms. The Kier molecular flexibility index (Phi) is 6.54. The molecule has 4 rings (SSSR count). The maximum absolute atomic E-state index is 13.3. The van der Waals surface area contributed by atoms with Gasteiger partial charge in [0.2, 0.25) is 11.3 Å². The maximum Gasteiger partial charge on any atom is 0.244 e. The highest BCUT2D eigenvalue weighted by molar-refractivity contribution is 6.10. The lowest BCUT2D eigenvalue weighted by molar-refractivity contribution is -0.116. The maximum atomic E-state index is 13.3. The van der Waals surface area contributed by atoms with Crippen molar-refractivity contribution in [1.82, 2.24) is 4.57 Å². The number of nitrogens with zero attached hydrogens (tertiary/aromatic N) is 1. The molecule has 7 heteroatoms. The molecule has 4 aromatic rings. The van der Waals surface area contributed by atoms with Crippen LogP contribution in [0.2, 0.25) is 0 Å². The number of anilines is 1. The first-order valence-electron chi connectivity index (χ1n) is 10.8. The molecule has 0 fully saturated rings. The lowest BCUT2D eigenvalue weighted by Crippen LogP contribution is -2.24. The molecule has 1 N–H and O–H groups in total. The second-order valence-electron chi connectivity index (χ2n) is 7.79. The van der Waals surface area contributed by atoms with E-state index in [0.717, 1.165) is 5.56 Å². The first kappa shape index (κ1) is 22.9. The van der Waals surface area contributed by atoms with Gasteiger partial charge in [0.05, 0.1) is 23.9 Å². The molecule has 34 heavy (non-hydrogen) atoms. The Morgan fingerprint density at radius 2 is 1.76 bits per heavy atom. The fourth-order valence-corrected chi connectivity index (χ4v) is 3.81. The molecule has 1 amide bonds. The van der Waals surface area contributed by atoms with Gasteiger partial charge in [-0.2, -0.15) is 0 Å². The van der Waals surface area contributed by atoms with Gasteiger partial charge in [-0.05, 0) is 60.5 Å². The van der Waals surface area contributed by atoms with Crippen LogP contribution in [0.25, 0.3) is 10.9 Å². The fourth-order valence-electron chi connectivity index (χ4n) is 3.81. The number of hydrogen-bond acceptors (Lipinski definition) is 4. The molecule has 0 radical (unpaired) electrons. The molecule has 3 aromatic carbocycles. The normalized spacial score (nSPS) is 10.8. The van der Waals surface area contributed by atoms with E-state index in [1.54, 1.807) is 41.0 Å². The number of rotatable bonds is 7. The number of pyridine rings is 1. The molecule has 0 aliphatic heterocycles. The Bertz CT molecular complexity index is 1440. The fraction of sp³-hybridized carbons (Fsp3) is 0.148. The number of ether oxygens (including phenoxy) is 1. The zero-order valence-corrected chi connectivity index (χ0v) is 18.8. The minimum absolute atomic E-state index is 0.0857. The lowest BCUT2D eigenvalue weighted by Gasteiger charge is -2.15. The van der Waals surface area contributed by atoms with Gasteiger partial charge >= 0.3 is 0 Å². The van der Waals surface area contributed by atoms with E-state index in [0.29, 0.717) is 28.8 Å². The number of amides is 1. The summed E-state index contributed by atoms with van der Waals surface area (Å²) in [6, 6.07) is 17.4. The van der Waals surface area contributed by atoms with Crippen LogP contribution in [-0.2, 0) is 17.8 Å². The summed E-state index contributed by atoms with van der Waals surface area (Å²) in [6.45, 7) is 1.83. The van der Waals surface area contributed by atoms with Crippen LogP contribution in [0.4, 0.5) is 10.1 Å². The summed E-state index contributed by atoms with van der Waals surface area (Å²) < 4.78 is 20.2. The molecule has 0 saturated carbocycles. The van der Waals surface area contributed by atoms with Gasteiger partial charge in [0.1, 0.15) is 18.1 Å². The molecule has 1 heterocycles. The highest BCUT2D eigenvalue weighted by atomic mass is 19.1. The van der Waals surface area contributed by atoms with Gasteiger partial charge in [0, 0.05) is 17.1 Å². The highest BCUT2D eigenvalue weighted by Gasteiger charge is 2.19. The Hall–Kier alpha value is -4.26. The number of ketones is 1. The van der Waals surface area contributed by atoms with Crippen LogP contribution in [-0.4, -0.2) is 23.4 Å². The molecule has 0 unspecified atom stereocenters. The molecule has 0 aliphatic carbocycles. The number of halogens is 1. The monoisotopic (exact) mass is 458 g/mol. The van der Waals surface area contributed by atoms with Gasteiger partial charge in [0.25, 0.3) is 0 Å². The molecule has 0 saturated heterocycles. The summed E-state index contributed by atoms with van der Waals surface area (Å²) >= 11 is 0. The molecule has 6 nitrogen and oxygen atoms in total. The van der Waals surface area contributed by atoms with Crippen molar-refractivity contribution in [2.75, 3.05) is 12.4 Å². The third kappa shape index (κ3) is 4.59. The summed E-state index contributed by atoms with van der Waals surface area (Å²) in [5, 5.41) is 3.15. The lowest BCUT2D eigenvalue weighted by atomic mass is 10.0. The Balaban J connectivity index is 1.78. The van der Waals surface area contributed by atoms with E-state index in [9.17, 15) is 18.8 Å². The predicted octanol–water partition coefficient (Wildman–Crippen LogP) is 4.58.